The minimum Gasteiger partial charge on any atom is -0.481 e. The van der Waals surface area contributed by atoms with E-state index in [9.17, 15) is 14.0 Å². The van der Waals surface area contributed by atoms with Crippen LogP contribution < -0.4 is 4.90 Å². The molecule has 0 bridgehead atoms. The standard InChI is InChI=1S/C19H15FN2O3S/c20-13-5-3-6-14-18(13)26-16(21-14)10-22-15-7-2-1-4-11(15)8-12(19(22)25)9-17(23)24/h1-7,12H,8-10H2,(H,23,24). The van der Waals surface area contributed by atoms with Crippen molar-refractivity contribution < 1.29 is 19.1 Å². The van der Waals surface area contributed by atoms with Gasteiger partial charge in [-0.1, -0.05) is 24.3 Å². The molecular weight excluding hydrogens is 355 g/mol. The molecule has 0 fully saturated rings. The van der Waals surface area contributed by atoms with Gasteiger partial charge in [-0.25, -0.2) is 9.37 Å². The van der Waals surface area contributed by atoms with E-state index in [2.05, 4.69) is 4.98 Å². The van der Waals surface area contributed by atoms with Crippen molar-refractivity contribution in [2.75, 3.05) is 4.90 Å². The van der Waals surface area contributed by atoms with Crippen LogP contribution in [0.5, 0.6) is 0 Å². The van der Waals surface area contributed by atoms with Gasteiger partial charge in [0.15, 0.2) is 0 Å². The fourth-order valence-corrected chi connectivity index (χ4v) is 4.29. The van der Waals surface area contributed by atoms with Gasteiger partial charge in [-0.05, 0) is 30.2 Å². The van der Waals surface area contributed by atoms with Gasteiger partial charge in [-0.2, -0.15) is 0 Å². The second kappa shape index (κ2) is 6.49. The van der Waals surface area contributed by atoms with E-state index in [1.165, 1.54) is 17.4 Å². The van der Waals surface area contributed by atoms with Crippen LogP contribution in [0, 0.1) is 11.7 Å². The minimum absolute atomic E-state index is 0.199. The van der Waals surface area contributed by atoms with Crippen LogP contribution in [-0.4, -0.2) is 22.0 Å². The van der Waals surface area contributed by atoms with Gasteiger partial charge in [0.1, 0.15) is 10.8 Å². The maximum absolute atomic E-state index is 13.9. The topological polar surface area (TPSA) is 70.5 Å². The number of benzene rings is 2. The van der Waals surface area contributed by atoms with Gasteiger partial charge in [0.25, 0.3) is 0 Å². The first-order chi connectivity index (χ1) is 12.5. The smallest absolute Gasteiger partial charge is 0.304 e. The highest BCUT2D eigenvalue weighted by Crippen LogP contribution is 2.34. The van der Waals surface area contributed by atoms with Gasteiger partial charge in [0.05, 0.1) is 29.1 Å². The third-order valence-corrected chi connectivity index (χ3v) is 5.55. The Balaban J connectivity index is 1.71. The molecule has 0 saturated heterocycles. The van der Waals surface area contributed by atoms with Gasteiger partial charge in [-0.3, -0.25) is 9.59 Å². The molecule has 7 heteroatoms. The molecule has 4 rings (SSSR count). The number of carboxylic acid groups (broad SMARTS) is 1. The number of amides is 1. The number of fused-ring (bicyclic) bond motifs is 2. The fraction of sp³-hybridized carbons (Fsp3) is 0.211. The number of hydrogen-bond donors (Lipinski definition) is 1. The third kappa shape index (κ3) is 2.94. The molecule has 2 aromatic carbocycles. The van der Waals surface area contributed by atoms with Crippen LogP contribution in [-0.2, 0) is 22.6 Å². The Morgan fingerprint density at radius 1 is 1.27 bits per heavy atom. The van der Waals surface area contributed by atoms with Gasteiger partial charge < -0.3 is 10.0 Å². The predicted octanol–water partition coefficient (Wildman–Crippen LogP) is 3.62. The largest absolute Gasteiger partial charge is 0.481 e. The SMILES string of the molecule is O=C(O)CC1Cc2ccccc2N(Cc2nc3cccc(F)c3s2)C1=O. The van der Waals surface area contributed by atoms with E-state index in [0.29, 0.717) is 21.6 Å². The van der Waals surface area contributed by atoms with Crippen molar-refractivity contribution in [1.82, 2.24) is 4.98 Å². The number of hydrogen-bond acceptors (Lipinski definition) is 4. The average Bonchev–Trinajstić information content (AvgIpc) is 3.02. The number of thiazole rings is 1. The number of carbonyl (C=O) groups excluding carboxylic acids is 1. The van der Waals surface area contributed by atoms with Crippen LogP contribution in [0.25, 0.3) is 10.2 Å². The molecule has 1 amide bonds. The Morgan fingerprint density at radius 3 is 2.85 bits per heavy atom. The highest BCUT2D eigenvalue weighted by molar-refractivity contribution is 7.18. The van der Waals surface area contributed by atoms with Crippen LogP contribution in [0.4, 0.5) is 10.1 Å². The number of anilines is 1. The number of aliphatic carboxylic acids is 1. The van der Waals surface area contributed by atoms with Gasteiger partial charge in [0, 0.05) is 5.69 Å². The van der Waals surface area contributed by atoms with Crippen molar-refractivity contribution in [3.63, 3.8) is 0 Å². The lowest BCUT2D eigenvalue weighted by Crippen LogP contribution is -2.41. The zero-order valence-corrected chi connectivity index (χ0v) is 14.5. The average molecular weight is 370 g/mol. The quantitative estimate of drug-likeness (QED) is 0.762. The van der Waals surface area contributed by atoms with E-state index in [0.717, 1.165) is 11.3 Å². The van der Waals surface area contributed by atoms with Crippen LogP contribution in [0.1, 0.15) is 17.0 Å². The van der Waals surface area contributed by atoms with E-state index in [1.807, 2.05) is 24.3 Å². The Morgan fingerprint density at radius 2 is 2.08 bits per heavy atom. The summed E-state index contributed by atoms with van der Waals surface area (Å²) in [5.41, 5.74) is 2.26. The Kier molecular flexibility index (Phi) is 4.16. The van der Waals surface area contributed by atoms with Crippen molar-refractivity contribution in [3.05, 3.63) is 58.9 Å². The summed E-state index contributed by atoms with van der Waals surface area (Å²) in [5, 5.41) is 9.73. The number of para-hydroxylation sites is 1. The number of halogens is 1. The van der Waals surface area contributed by atoms with E-state index in [-0.39, 0.29) is 24.7 Å². The molecule has 5 nitrogen and oxygen atoms in total. The summed E-state index contributed by atoms with van der Waals surface area (Å²) >= 11 is 1.21. The number of carbonyl (C=O) groups is 2. The lowest BCUT2D eigenvalue weighted by molar-refractivity contribution is -0.140. The summed E-state index contributed by atoms with van der Waals surface area (Å²) in [7, 11) is 0. The predicted molar refractivity (Wildman–Crippen MR) is 96.7 cm³/mol. The van der Waals surface area contributed by atoms with Crippen LogP contribution in [0.3, 0.4) is 0 Å². The summed E-state index contributed by atoms with van der Waals surface area (Å²) < 4.78 is 14.4. The molecular formula is C19H15FN2O3S. The number of aromatic nitrogens is 1. The maximum Gasteiger partial charge on any atom is 0.304 e. The van der Waals surface area contributed by atoms with Crippen molar-refractivity contribution in [3.8, 4) is 0 Å². The monoisotopic (exact) mass is 370 g/mol. The Bertz CT molecular complexity index is 1020. The van der Waals surface area contributed by atoms with Crippen LogP contribution in [0.15, 0.2) is 42.5 Å². The molecule has 26 heavy (non-hydrogen) atoms. The van der Waals surface area contributed by atoms with E-state index in [4.69, 9.17) is 5.11 Å². The van der Waals surface area contributed by atoms with Crippen molar-refractivity contribution >= 4 is 39.1 Å². The molecule has 0 saturated carbocycles. The first-order valence-electron chi connectivity index (χ1n) is 8.18. The molecule has 0 spiro atoms. The fourth-order valence-electron chi connectivity index (χ4n) is 3.34. The lowest BCUT2D eigenvalue weighted by atomic mass is 9.89. The summed E-state index contributed by atoms with van der Waals surface area (Å²) in [6.45, 7) is 0.199. The maximum atomic E-state index is 13.9. The number of rotatable bonds is 4. The molecule has 1 atom stereocenters. The lowest BCUT2D eigenvalue weighted by Gasteiger charge is -2.33. The second-order valence-corrected chi connectivity index (χ2v) is 7.33. The summed E-state index contributed by atoms with van der Waals surface area (Å²) in [4.78, 5) is 30.0. The Hall–Kier alpha value is -2.80. The second-order valence-electron chi connectivity index (χ2n) is 6.25. The zero-order chi connectivity index (χ0) is 18.3. The molecule has 1 aromatic heterocycles. The first-order valence-corrected chi connectivity index (χ1v) is 8.99. The van der Waals surface area contributed by atoms with Gasteiger partial charge in [-0.15, -0.1) is 11.3 Å². The molecule has 1 aliphatic rings. The van der Waals surface area contributed by atoms with Crippen LogP contribution >= 0.6 is 11.3 Å². The molecule has 1 N–H and O–H groups in total. The first kappa shape index (κ1) is 16.7. The highest BCUT2D eigenvalue weighted by Gasteiger charge is 2.34. The van der Waals surface area contributed by atoms with Gasteiger partial charge >= 0.3 is 5.97 Å². The van der Waals surface area contributed by atoms with Crippen LogP contribution in [0.2, 0.25) is 0 Å². The molecule has 3 aromatic rings. The zero-order valence-electron chi connectivity index (χ0n) is 13.7. The number of carboxylic acids is 1. The highest BCUT2D eigenvalue weighted by atomic mass is 32.1. The van der Waals surface area contributed by atoms with E-state index < -0.39 is 11.9 Å². The number of nitrogens with zero attached hydrogens (tertiary/aromatic N) is 2. The summed E-state index contributed by atoms with van der Waals surface area (Å²) in [6.07, 6.45) is 0.199. The molecule has 0 aliphatic carbocycles. The molecule has 132 valence electrons. The van der Waals surface area contributed by atoms with E-state index in [1.54, 1.807) is 17.0 Å². The molecule has 0 radical (unpaired) electrons. The summed E-state index contributed by atoms with van der Waals surface area (Å²) in [5.74, 6) is -2.16. The van der Waals surface area contributed by atoms with Crippen molar-refractivity contribution in [2.45, 2.75) is 19.4 Å². The minimum atomic E-state index is -0.996. The van der Waals surface area contributed by atoms with Crippen molar-refractivity contribution in [2.24, 2.45) is 5.92 Å². The molecule has 1 unspecified atom stereocenters. The van der Waals surface area contributed by atoms with Gasteiger partial charge in [0.2, 0.25) is 5.91 Å². The normalized spacial score (nSPS) is 16.7. The third-order valence-electron chi connectivity index (χ3n) is 4.49. The summed E-state index contributed by atoms with van der Waals surface area (Å²) in [6, 6.07) is 12.2. The Labute approximate surface area is 152 Å². The molecule has 2 heterocycles. The molecule has 1 aliphatic heterocycles. The van der Waals surface area contributed by atoms with Crippen molar-refractivity contribution in [1.29, 1.82) is 0 Å². The van der Waals surface area contributed by atoms with E-state index >= 15 is 0 Å².